The summed E-state index contributed by atoms with van der Waals surface area (Å²) in [4.78, 5) is 6.99. The molecular weight excluding hydrogens is 343 g/mol. The number of benzene rings is 1. The van der Waals surface area contributed by atoms with Gasteiger partial charge in [0, 0.05) is 25.9 Å². The van der Waals surface area contributed by atoms with E-state index in [2.05, 4.69) is 15.4 Å². The lowest BCUT2D eigenvalue weighted by Gasteiger charge is -2.38. The Morgan fingerprint density at radius 2 is 1.93 bits per heavy atom. The van der Waals surface area contributed by atoms with E-state index in [4.69, 9.17) is 4.98 Å². The SMILES string of the molecule is N#Cc1c2c(c(N3CCC(F)(CO)CC3)n3c1nc1ccccc13)CCC2. The maximum atomic E-state index is 14.6. The predicted octanol–water partition coefficient (Wildman–Crippen LogP) is 3.15. The molecule has 27 heavy (non-hydrogen) atoms. The monoisotopic (exact) mass is 364 g/mol. The second-order valence-electron chi connectivity index (χ2n) is 7.68. The molecule has 1 N–H and O–H groups in total. The number of imidazole rings is 1. The summed E-state index contributed by atoms with van der Waals surface area (Å²) in [6.07, 6.45) is 3.47. The van der Waals surface area contributed by atoms with Crippen molar-refractivity contribution in [2.24, 2.45) is 0 Å². The first-order valence-electron chi connectivity index (χ1n) is 9.55. The molecule has 5 nitrogen and oxygen atoms in total. The number of hydrogen-bond acceptors (Lipinski definition) is 4. The van der Waals surface area contributed by atoms with Gasteiger partial charge in [-0.3, -0.25) is 4.40 Å². The summed E-state index contributed by atoms with van der Waals surface area (Å²) in [6, 6.07) is 10.3. The molecule has 0 unspecified atom stereocenters. The van der Waals surface area contributed by atoms with Crippen LogP contribution in [0.4, 0.5) is 10.2 Å². The topological polar surface area (TPSA) is 64.6 Å². The lowest BCUT2D eigenvalue weighted by molar-refractivity contribution is 0.0479. The normalized spacial score (nSPS) is 18.8. The second kappa shape index (κ2) is 5.93. The minimum absolute atomic E-state index is 0.312. The Balaban J connectivity index is 1.78. The average Bonchev–Trinajstić information content (AvgIpc) is 3.32. The van der Waals surface area contributed by atoms with Crippen molar-refractivity contribution in [2.45, 2.75) is 37.8 Å². The zero-order chi connectivity index (χ0) is 18.6. The summed E-state index contributed by atoms with van der Waals surface area (Å²) in [7, 11) is 0. The molecule has 1 aliphatic heterocycles. The first-order chi connectivity index (χ1) is 13.1. The van der Waals surface area contributed by atoms with Crippen molar-refractivity contribution < 1.29 is 9.50 Å². The van der Waals surface area contributed by atoms with Gasteiger partial charge >= 0.3 is 0 Å². The number of pyridine rings is 1. The van der Waals surface area contributed by atoms with E-state index >= 15 is 0 Å². The Hall–Kier alpha value is -2.65. The summed E-state index contributed by atoms with van der Waals surface area (Å²) >= 11 is 0. The highest BCUT2D eigenvalue weighted by molar-refractivity contribution is 5.86. The van der Waals surface area contributed by atoms with Crippen LogP contribution in [0.3, 0.4) is 0 Å². The molecule has 0 atom stereocenters. The van der Waals surface area contributed by atoms with Crippen LogP contribution in [0.25, 0.3) is 16.7 Å². The quantitative estimate of drug-likeness (QED) is 0.759. The van der Waals surface area contributed by atoms with Crippen molar-refractivity contribution in [2.75, 3.05) is 24.6 Å². The summed E-state index contributed by atoms with van der Waals surface area (Å²) in [5, 5.41) is 19.2. The second-order valence-corrected chi connectivity index (χ2v) is 7.68. The fraction of sp³-hybridized carbons (Fsp3) is 0.429. The van der Waals surface area contributed by atoms with E-state index in [0.29, 0.717) is 37.1 Å². The van der Waals surface area contributed by atoms with Gasteiger partial charge < -0.3 is 10.0 Å². The first-order valence-corrected chi connectivity index (χ1v) is 9.55. The van der Waals surface area contributed by atoms with Crippen LogP contribution in [-0.2, 0) is 12.8 Å². The Kier molecular flexibility index (Phi) is 3.63. The number of aromatic nitrogens is 2. The maximum Gasteiger partial charge on any atom is 0.157 e. The number of aliphatic hydroxyl groups is 1. The molecule has 0 radical (unpaired) electrons. The molecule has 3 aromatic rings. The standard InChI is InChI=1S/C21H21FN4O/c22-21(13-27)8-10-25(11-9-21)20-15-5-3-4-14(15)16(12-23)19-24-17-6-1-2-7-18(17)26(19)20/h1-2,6-7,27H,3-5,8-11,13H2. The molecule has 1 aromatic carbocycles. The van der Waals surface area contributed by atoms with Crippen LogP contribution in [0.2, 0.25) is 0 Å². The third-order valence-corrected chi connectivity index (χ3v) is 6.14. The third-order valence-electron chi connectivity index (χ3n) is 6.14. The highest BCUT2D eigenvalue weighted by Crippen LogP contribution is 2.40. The minimum atomic E-state index is -1.48. The third kappa shape index (κ3) is 2.35. The van der Waals surface area contributed by atoms with E-state index in [-0.39, 0.29) is 0 Å². The Bertz CT molecular complexity index is 1090. The van der Waals surface area contributed by atoms with Gasteiger partial charge in [0.25, 0.3) is 0 Å². The molecule has 1 fully saturated rings. The van der Waals surface area contributed by atoms with Gasteiger partial charge in [-0.15, -0.1) is 0 Å². The lowest BCUT2D eigenvalue weighted by atomic mass is 9.93. The average molecular weight is 364 g/mol. The van der Waals surface area contributed by atoms with Crippen LogP contribution in [0.5, 0.6) is 0 Å². The van der Waals surface area contributed by atoms with Crippen molar-refractivity contribution in [1.82, 2.24) is 9.38 Å². The summed E-state index contributed by atoms with van der Waals surface area (Å²) in [5.74, 6) is 1.06. The van der Waals surface area contributed by atoms with Crippen molar-refractivity contribution in [1.29, 1.82) is 5.26 Å². The van der Waals surface area contributed by atoms with E-state index in [1.807, 2.05) is 24.3 Å². The number of rotatable bonds is 2. The number of fused-ring (bicyclic) bond motifs is 4. The van der Waals surface area contributed by atoms with Gasteiger partial charge in [-0.05, 0) is 42.5 Å². The molecular formula is C21H21FN4O. The number of halogens is 1. The molecule has 138 valence electrons. The minimum Gasteiger partial charge on any atom is -0.393 e. The highest BCUT2D eigenvalue weighted by Gasteiger charge is 2.36. The fourth-order valence-corrected chi connectivity index (χ4v) is 4.67. The first kappa shape index (κ1) is 16.5. The van der Waals surface area contributed by atoms with Crippen LogP contribution >= 0.6 is 0 Å². The number of hydrogen-bond donors (Lipinski definition) is 1. The number of anilines is 1. The molecule has 5 rings (SSSR count). The number of aliphatic hydroxyl groups excluding tert-OH is 1. The van der Waals surface area contributed by atoms with Crippen LogP contribution < -0.4 is 4.90 Å². The fourth-order valence-electron chi connectivity index (χ4n) is 4.67. The molecule has 3 heterocycles. The number of piperidine rings is 1. The smallest absolute Gasteiger partial charge is 0.157 e. The highest BCUT2D eigenvalue weighted by atomic mass is 19.1. The number of para-hydroxylation sites is 2. The van der Waals surface area contributed by atoms with E-state index < -0.39 is 12.3 Å². The van der Waals surface area contributed by atoms with Gasteiger partial charge in [-0.25, -0.2) is 9.37 Å². The Labute approximate surface area is 156 Å². The van der Waals surface area contributed by atoms with Gasteiger partial charge in [0.15, 0.2) is 5.65 Å². The van der Waals surface area contributed by atoms with Gasteiger partial charge in [0.2, 0.25) is 0 Å². The van der Waals surface area contributed by atoms with E-state index in [0.717, 1.165) is 41.7 Å². The van der Waals surface area contributed by atoms with Gasteiger partial charge in [-0.2, -0.15) is 5.26 Å². The van der Waals surface area contributed by atoms with Crippen LogP contribution in [-0.4, -0.2) is 39.9 Å². The molecule has 0 saturated carbocycles. The summed E-state index contributed by atoms with van der Waals surface area (Å²) in [6.45, 7) is 0.684. The van der Waals surface area contributed by atoms with Crippen LogP contribution in [0.1, 0.15) is 36.0 Å². The zero-order valence-electron chi connectivity index (χ0n) is 15.1. The molecule has 6 heteroatoms. The van der Waals surface area contributed by atoms with E-state index in [9.17, 15) is 14.8 Å². The van der Waals surface area contributed by atoms with Crippen LogP contribution in [0, 0.1) is 11.3 Å². The molecule has 0 spiro atoms. The Morgan fingerprint density at radius 1 is 1.19 bits per heavy atom. The van der Waals surface area contributed by atoms with Crippen molar-refractivity contribution in [3.05, 3.63) is 41.0 Å². The van der Waals surface area contributed by atoms with E-state index in [1.54, 1.807) is 0 Å². The van der Waals surface area contributed by atoms with Gasteiger partial charge in [0.05, 0.1) is 23.2 Å². The molecule has 0 bridgehead atoms. The summed E-state index contributed by atoms with van der Waals surface area (Å²) < 4.78 is 16.7. The number of alkyl halides is 1. The maximum absolute atomic E-state index is 14.6. The van der Waals surface area contributed by atoms with Crippen molar-refractivity contribution in [3.63, 3.8) is 0 Å². The molecule has 1 aliphatic carbocycles. The number of nitriles is 1. The molecule has 2 aromatic heterocycles. The molecule has 2 aliphatic rings. The lowest BCUT2D eigenvalue weighted by Crippen LogP contribution is -2.44. The molecule has 1 saturated heterocycles. The van der Waals surface area contributed by atoms with Gasteiger partial charge in [-0.1, -0.05) is 12.1 Å². The molecule has 0 amide bonds. The van der Waals surface area contributed by atoms with E-state index in [1.165, 1.54) is 5.56 Å². The largest absolute Gasteiger partial charge is 0.393 e. The zero-order valence-corrected chi connectivity index (χ0v) is 15.1. The van der Waals surface area contributed by atoms with Crippen LogP contribution in [0.15, 0.2) is 24.3 Å². The van der Waals surface area contributed by atoms with Crippen molar-refractivity contribution >= 4 is 22.5 Å². The Morgan fingerprint density at radius 3 is 2.67 bits per heavy atom. The van der Waals surface area contributed by atoms with Crippen molar-refractivity contribution in [3.8, 4) is 6.07 Å². The van der Waals surface area contributed by atoms with Gasteiger partial charge in [0.1, 0.15) is 17.6 Å². The number of nitrogens with zero attached hydrogens (tertiary/aromatic N) is 4. The predicted molar refractivity (Wildman–Crippen MR) is 102 cm³/mol. The summed E-state index contributed by atoms with van der Waals surface area (Å²) in [5.41, 5.74) is 4.05.